The second kappa shape index (κ2) is 5.09. The van der Waals surface area contributed by atoms with Crippen LogP contribution in [0.15, 0.2) is 34.7 Å². The molecule has 3 rings (SSSR count). The van der Waals surface area contributed by atoms with Crippen molar-refractivity contribution in [3.8, 4) is 5.75 Å². The van der Waals surface area contributed by atoms with Crippen molar-refractivity contribution in [3.05, 3.63) is 47.4 Å². The van der Waals surface area contributed by atoms with Crippen LogP contribution in [0.5, 0.6) is 5.75 Å². The van der Waals surface area contributed by atoms with E-state index in [0.717, 1.165) is 17.0 Å². The summed E-state index contributed by atoms with van der Waals surface area (Å²) < 4.78 is 11.4. The SMILES string of the molecule is Cc1ccc2c(c1)N(Cc1ccc(C(=O)O)o1)CC(C)(C)O2. The summed E-state index contributed by atoms with van der Waals surface area (Å²) in [6, 6.07) is 9.27. The second-order valence-corrected chi connectivity index (χ2v) is 6.26. The quantitative estimate of drug-likeness (QED) is 0.940. The minimum absolute atomic E-state index is 0.0352. The Hall–Kier alpha value is -2.43. The van der Waals surface area contributed by atoms with E-state index in [1.165, 1.54) is 6.07 Å². The normalized spacial score (nSPS) is 16.0. The van der Waals surface area contributed by atoms with E-state index in [1.54, 1.807) is 6.07 Å². The van der Waals surface area contributed by atoms with Gasteiger partial charge in [-0.15, -0.1) is 0 Å². The maximum Gasteiger partial charge on any atom is 0.371 e. The first-order chi connectivity index (χ1) is 10.3. The lowest BCUT2D eigenvalue weighted by atomic mass is 10.0. The summed E-state index contributed by atoms with van der Waals surface area (Å²) in [7, 11) is 0. The van der Waals surface area contributed by atoms with E-state index in [-0.39, 0.29) is 11.4 Å². The molecule has 1 N–H and O–H groups in total. The fourth-order valence-corrected chi connectivity index (χ4v) is 2.74. The molecule has 0 fully saturated rings. The first kappa shape index (κ1) is 14.5. The van der Waals surface area contributed by atoms with Crippen molar-refractivity contribution >= 4 is 11.7 Å². The molecule has 0 aliphatic carbocycles. The lowest BCUT2D eigenvalue weighted by Gasteiger charge is -2.40. The van der Waals surface area contributed by atoms with Crippen LogP contribution in [-0.4, -0.2) is 23.2 Å². The minimum atomic E-state index is -1.05. The van der Waals surface area contributed by atoms with Gasteiger partial charge in [0.1, 0.15) is 17.1 Å². The summed E-state index contributed by atoms with van der Waals surface area (Å²) in [5, 5.41) is 8.95. The number of carboxylic acids is 1. The number of carbonyl (C=O) groups is 1. The Morgan fingerprint density at radius 2 is 2.09 bits per heavy atom. The molecule has 1 aromatic carbocycles. The van der Waals surface area contributed by atoms with Gasteiger partial charge in [-0.3, -0.25) is 0 Å². The highest BCUT2D eigenvalue weighted by Gasteiger charge is 2.32. The number of hydrogen-bond donors (Lipinski definition) is 1. The van der Waals surface area contributed by atoms with E-state index >= 15 is 0 Å². The zero-order chi connectivity index (χ0) is 15.9. The van der Waals surface area contributed by atoms with Crippen LogP contribution in [-0.2, 0) is 6.54 Å². The average molecular weight is 301 g/mol. The maximum absolute atomic E-state index is 10.9. The number of benzene rings is 1. The van der Waals surface area contributed by atoms with E-state index in [2.05, 4.69) is 11.0 Å². The average Bonchev–Trinajstić information content (AvgIpc) is 2.87. The van der Waals surface area contributed by atoms with Gasteiger partial charge in [-0.1, -0.05) is 6.07 Å². The van der Waals surface area contributed by atoms with Crippen molar-refractivity contribution in [2.45, 2.75) is 32.9 Å². The number of rotatable bonds is 3. The van der Waals surface area contributed by atoms with Crippen LogP contribution in [0.25, 0.3) is 0 Å². The van der Waals surface area contributed by atoms with Crippen LogP contribution in [0.3, 0.4) is 0 Å². The van der Waals surface area contributed by atoms with Gasteiger partial charge in [-0.25, -0.2) is 4.79 Å². The number of ether oxygens (including phenoxy) is 1. The summed E-state index contributed by atoms with van der Waals surface area (Å²) in [5.74, 6) is 0.381. The zero-order valence-corrected chi connectivity index (χ0v) is 12.9. The molecule has 0 saturated carbocycles. The van der Waals surface area contributed by atoms with Gasteiger partial charge < -0.3 is 19.2 Å². The number of carboxylic acid groups (broad SMARTS) is 1. The van der Waals surface area contributed by atoms with Gasteiger partial charge in [0.25, 0.3) is 0 Å². The number of anilines is 1. The van der Waals surface area contributed by atoms with Gasteiger partial charge in [0, 0.05) is 0 Å². The van der Waals surface area contributed by atoms with Crippen molar-refractivity contribution in [2.75, 3.05) is 11.4 Å². The topological polar surface area (TPSA) is 62.9 Å². The highest BCUT2D eigenvalue weighted by atomic mass is 16.5. The molecule has 0 unspecified atom stereocenters. The van der Waals surface area contributed by atoms with E-state index in [1.807, 2.05) is 32.9 Å². The first-order valence-electron chi connectivity index (χ1n) is 7.21. The lowest BCUT2D eigenvalue weighted by molar-refractivity contribution is 0.0659. The summed E-state index contributed by atoms with van der Waals surface area (Å²) >= 11 is 0. The standard InChI is InChI=1S/C17H19NO4/c1-11-4-6-14-13(8-11)18(10-17(2,3)22-14)9-12-5-7-15(21-12)16(19)20/h4-8H,9-10H2,1-3H3,(H,19,20). The molecule has 116 valence electrons. The van der Waals surface area contributed by atoms with Gasteiger partial charge in [0.05, 0.1) is 18.8 Å². The van der Waals surface area contributed by atoms with Crippen LogP contribution in [0.1, 0.15) is 35.7 Å². The third-order valence-corrected chi connectivity index (χ3v) is 3.63. The third kappa shape index (κ3) is 2.79. The fraction of sp³-hybridized carbons (Fsp3) is 0.353. The van der Waals surface area contributed by atoms with Crippen LogP contribution in [0.4, 0.5) is 5.69 Å². The Kier molecular flexibility index (Phi) is 3.35. The van der Waals surface area contributed by atoms with Crippen molar-refractivity contribution in [2.24, 2.45) is 0 Å². The maximum atomic E-state index is 10.9. The molecule has 1 aliphatic rings. The van der Waals surface area contributed by atoms with Crippen LogP contribution in [0, 0.1) is 6.92 Å². The largest absolute Gasteiger partial charge is 0.484 e. The number of furan rings is 1. The van der Waals surface area contributed by atoms with E-state index in [9.17, 15) is 4.79 Å². The molecule has 0 atom stereocenters. The van der Waals surface area contributed by atoms with E-state index < -0.39 is 5.97 Å². The van der Waals surface area contributed by atoms with Crippen LogP contribution < -0.4 is 9.64 Å². The summed E-state index contributed by atoms with van der Waals surface area (Å²) in [6.07, 6.45) is 0. The first-order valence-corrected chi connectivity index (χ1v) is 7.21. The second-order valence-electron chi connectivity index (χ2n) is 6.26. The van der Waals surface area contributed by atoms with Crippen molar-refractivity contribution in [1.29, 1.82) is 0 Å². The molecule has 5 nitrogen and oxygen atoms in total. The number of aromatic carboxylic acids is 1. The zero-order valence-electron chi connectivity index (χ0n) is 12.9. The summed E-state index contributed by atoms with van der Waals surface area (Å²) in [5.41, 5.74) is 1.84. The molecule has 1 aromatic heterocycles. The Morgan fingerprint density at radius 3 is 2.77 bits per heavy atom. The van der Waals surface area contributed by atoms with E-state index in [4.69, 9.17) is 14.3 Å². The Bertz CT molecular complexity index is 717. The highest BCUT2D eigenvalue weighted by molar-refractivity contribution is 5.84. The predicted molar refractivity (Wildman–Crippen MR) is 82.6 cm³/mol. The van der Waals surface area contributed by atoms with Crippen molar-refractivity contribution in [1.82, 2.24) is 0 Å². The number of hydrogen-bond acceptors (Lipinski definition) is 4. The van der Waals surface area contributed by atoms with Crippen molar-refractivity contribution in [3.63, 3.8) is 0 Å². The van der Waals surface area contributed by atoms with Gasteiger partial charge in [-0.05, 0) is 50.6 Å². The highest BCUT2D eigenvalue weighted by Crippen LogP contribution is 2.38. The smallest absolute Gasteiger partial charge is 0.371 e. The van der Waals surface area contributed by atoms with Crippen molar-refractivity contribution < 1.29 is 19.1 Å². The van der Waals surface area contributed by atoms with Gasteiger partial charge in [0.15, 0.2) is 0 Å². The number of nitrogens with zero attached hydrogens (tertiary/aromatic N) is 1. The van der Waals surface area contributed by atoms with Gasteiger partial charge in [0.2, 0.25) is 5.76 Å². The third-order valence-electron chi connectivity index (χ3n) is 3.63. The molecule has 5 heteroatoms. The summed E-state index contributed by atoms with van der Waals surface area (Å²) in [4.78, 5) is 13.1. The molecule has 0 spiro atoms. The van der Waals surface area contributed by atoms with Crippen LogP contribution in [0.2, 0.25) is 0 Å². The lowest BCUT2D eigenvalue weighted by Crippen LogP contribution is -2.46. The van der Waals surface area contributed by atoms with Crippen LogP contribution >= 0.6 is 0 Å². The minimum Gasteiger partial charge on any atom is -0.484 e. The molecule has 22 heavy (non-hydrogen) atoms. The Morgan fingerprint density at radius 1 is 1.32 bits per heavy atom. The molecule has 0 amide bonds. The molecular formula is C17H19NO4. The monoisotopic (exact) mass is 301 g/mol. The molecular weight excluding hydrogens is 282 g/mol. The molecule has 2 aromatic rings. The number of aryl methyl sites for hydroxylation is 1. The Labute approximate surface area is 129 Å². The van der Waals surface area contributed by atoms with Gasteiger partial charge in [-0.2, -0.15) is 0 Å². The van der Waals surface area contributed by atoms with E-state index in [0.29, 0.717) is 18.8 Å². The molecule has 2 heterocycles. The molecule has 0 saturated heterocycles. The summed E-state index contributed by atoms with van der Waals surface area (Å²) in [6.45, 7) is 7.32. The number of fused-ring (bicyclic) bond motifs is 1. The molecule has 1 aliphatic heterocycles. The molecule has 0 bridgehead atoms. The predicted octanol–water partition coefficient (Wildman–Crippen LogP) is 3.46. The fourth-order valence-electron chi connectivity index (χ4n) is 2.74. The molecule has 0 radical (unpaired) electrons. The van der Waals surface area contributed by atoms with Gasteiger partial charge >= 0.3 is 5.97 Å². The Balaban J connectivity index is 1.92.